The van der Waals surface area contributed by atoms with Crippen LogP contribution in [0, 0.1) is 13.8 Å². The second-order valence-corrected chi connectivity index (χ2v) is 5.67. The molecule has 0 unspecified atom stereocenters. The van der Waals surface area contributed by atoms with Crippen molar-refractivity contribution in [1.29, 1.82) is 0 Å². The molecule has 0 bridgehead atoms. The van der Waals surface area contributed by atoms with Crippen LogP contribution in [0.2, 0.25) is 0 Å². The fourth-order valence-corrected chi connectivity index (χ4v) is 2.79. The van der Waals surface area contributed by atoms with Gasteiger partial charge in [0.05, 0.1) is 10.9 Å². The van der Waals surface area contributed by atoms with Crippen LogP contribution in [0.25, 0.3) is 21.8 Å². The highest BCUT2D eigenvalue weighted by Crippen LogP contribution is 2.14. The first kappa shape index (κ1) is 15.9. The predicted molar refractivity (Wildman–Crippen MR) is 97.9 cm³/mol. The SMILES string of the molecule is CO[n+]1cccc2c(C)cccc21.Cc1cccc2ncccc12. The standard InChI is InChI=1S/C11H12NO.C10H9N/c1-9-5-3-7-11-10(9)6-4-8-12(11)13-2;1-8-4-2-6-10-9(8)5-3-7-11-10/h3-8H,1-2H3;2-7H,1H3/q+1;. The Morgan fingerprint density at radius 3 is 2.25 bits per heavy atom. The second-order valence-electron chi connectivity index (χ2n) is 5.67. The molecule has 0 amide bonds. The third-order valence-electron chi connectivity index (χ3n) is 4.08. The monoisotopic (exact) mass is 317 g/mol. The normalized spacial score (nSPS) is 10.3. The van der Waals surface area contributed by atoms with E-state index in [9.17, 15) is 0 Å². The van der Waals surface area contributed by atoms with E-state index in [1.807, 2.05) is 48.8 Å². The van der Waals surface area contributed by atoms with Crippen LogP contribution in [0.3, 0.4) is 0 Å². The Hall–Kier alpha value is -2.94. The number of aromatic nitrogens is 2. The average molecular weight is 317 g/mol. The number of pyridine rings is 2. The summed E-state index contributed by atoms with van der Waals surface area (Å²) in [5.41, 5.74) is 4.73. The number of hydrogen-bond acceptors (Lipinski definition) is 2. The molecule has 0 N–H and O–H groups in total. The van der Waals surface area contributed by atoms with Gasteiger partial charge in [0, 0.05) is 28.4 Å². The number of nitrogens with zero attached hydrogens (tertiary/aromatic N) is 2. The van der Waals surface area contributed by atoms with Gasteiger partial charge in [-0.15, -0.1) is 0 Å². The van der Waals surface area contributed by atoms with Crippen molar-refractivity contribution in [2.45, 2.75) is 13.8 Å². The first-order valence-electron chi connectivity index (χ1n) is 7.95. The van der Waals surface area contributed by atoms with Crippen LogP contribution in [-0.4, -0.2) is 12.1 Å². The molecule has 3 heteroatoms. The van der Waals surface area contributed by atoms with Crippen LogP contribution in [0.15, 0.2) is 73.1 Å². The average Bonchev–Trinajstić information content (AvgIpc) is 2.63. The van der Waals surface area contributed by atoms with Crippen molar-refractivity contribution in [3.05, 3.63) is 84.2 Å². The number of fused-ring (bicyclic) bond motifs is 2. The Morgan fingerprint density at radius 2 is 1.50 bits per heavy atom. The van der Waals surface area contributed by atoms with E-state index < -0.39 is 0 Å². The first-order chi connectivity index (χ1) is 11.7. The van der Waals surface area contributed by atoms with Gasteiger partial charge in [0.25, 0.3) is 5.52 Å². The van der Waals surface area contributed by atoms with Gasteiger partial charge in [0.2, 0.25) is 6.20 Å². The Bertz CT molecular complexity index is 974. The Labute approximate surface area is 142 Å². The molecule has 0 spiro atoms. The zero-order valence-electron chi connectivity index (χ0n) is 14.2. The highest BCUT2D eigenvalue weighted by atomic mass is 16.6. The van der Waals surface area contributed by atoms with Crippen LogP contribution in [-0.2, 0) is 0 Å². The van der Waals surface area contributed by atoms with Crippen molar-refractivity contribution in [2.24, 2.45) is 0 Å². The van der Waals surface area contributed by atoms with E-state index in [2.05, 4.69) is 43.1 Å². The minimum atomic E-state index is 1.08. The maximum Gasteiger partial charge on any atom is 0.264 e. The molecule has 0 radical (unpaired) electrons. The third kappa shape index (κ3) is 3.20. The molecule has 4 rings (SSSR count). The van der Waals surface area contributed by atoms with Crippen molar-refractivity contribution in [2.75, 3.05) is 7.11 Å². The number of rotatable bonds is 1. The summed E-state index contributed by atoms with van der Waals surface area (Å²) in [4.78, 5) is 9.44. The molecule has 2 aromatic heterocycles. The maximum atomic E-state index is 5.20. The summed E-state index contributed by atoms with van der Waals surface area (Å²) in [7, 11) is 1.67. The molecular formula is C21H21N2O+. The Balaban J connectivity index is 0.000000143. The Morgan fingerprint density at radius 1 is 0.792 bits per heavy atom. The number of benzene rings is 2. The lowest BCUT2D eigenvalue weighted by atomic mass is 10.1. The van der Waals surface area contributed by atoms with Gasteiger partial charge < -0.3 is 0 Å². The van der Waals surface area contributed by atoms with Crippen molar-refractivity contribution in [3.63, 3.8) is 0 Å². The molecule has 0 saturated carbocycles. The molecule has 2 heterocycles. The van der Waals surface area contributed by atoms with E-state index in [4.69, 9.17) is 4.84 Å². The van der Waals surface area contributed by atoms with Crippen molar-refractivity contribution in [1.82, 2.24) is 4.98 Å². The molecule has 120 valence electrons. The fourth-order valence-electron chi connectivity index (χ4n) is 2.79. The van der Waals surface area contributed by atoms with Crippen molar-refractivity contribution < 1.29 is 9.57 Å². The van der Waals surface area contributed by atoms with Gasteiger partial charge in [0.15, 0.2) is 0 Å². The first-order valence-corrected chi connectivity index (χ1v) is 7.95. The lowest BCUT2D eigenvalue weighted by Crippen LogP contribution is -2.40. The minimum absolute atomic E-state index is 1.08. The van der Waals surface area contributed by atoms with E-state index in [-0.39, 0.29) is 0 Å². The highest BCUT2D eigenvalue weighted by Gasteiger charge is 2.08. The summed E-state index contributed by atoms with van der Waals surface area (Å²) >= 11 is 0. The zero-order valence-corrected chi connectivity index (χ0v) is 14.2. The molecule has 0 fully saturated rings. The van der Waals surface area contributed by atoms with Gasteiger partial charge in [-0.3, -0.25) is 9.82 Å². The van der Waals surface area contributed by atoms with Gasteiger partial charge in [-0.1, -0.05) is 30.3 Å². The van der Waals surface area contributed by atoms with Crippen molar-refractivity contribution in [3.8, 4) is 0 Å². The highest BCUT2D eigenvalue weighted by molar-refractivity contribution is 5.81. The van der Waals surface area contributed by atoms with Crippen LogP contribution in [0.5, 0.6) is 0 Å². The molecular weight excluding hydrogens is 296 g/mol. The zero-order chi connectivity index (χ0) is 16.9. The van der Waals surface area contributed by atoms with Gasteiger partial charge in [-0.05, 0) is 43.2 Å². The third-order valence-corrected chi connectivity index (χ3v) is 4.08. The summed E-state index contributed by atoms with van der Waals surface area (Å²) in [6, 6.07) is 20.5. The topological polar surface area (TPSA) is 26.0 Å². The van der Waals surface area contributed by atoms with E-state index >= 15 is 0 Å². The molecule has 4 aromatic rings. The van der Waals surface area contributed by atoms with Crippen LogP contribution in [0.4, 0.5) is 0 Å². The van der Waals surface area contributed by atoms with Crippen molar-refractivity contribution >= 4 is 21.8 Å². The Kier molecular flexibility index (Phi) is 4.71. The number of hydrogen-bond donors (Lipinski definition) is 0. The summed E-state index contributed by atoms with van der Waals surface area (Å²) in [5.74, 6) is 0. The molecule has 0 aliphatic heterocycles. The summed E-state index contributed by atoms with van der Waals surface area (Å²) in [6.07, 6.45) is 3.73. The second kappa shape index (κ2) is 7.09. The molecule has 0 saturated heterocycles. The van der Waals surface area contributed by atoms with Crippen LogP contribution < -0.4 is 9.57 Å². The number of aryl methyl sites for hydroxylation is 2. The molecule has 24 heavy (non-hydrogen) atoms. The van der Waals surface area contributed by atoms with Crippen LogP contribution in [0.1, 0.15) is 11.1 Å². The summed E-state index contributed by atoms with van der Waals surface area (Å²) in [5, 5.41) is 2.47. The van der Waals surface area contributed by atoms with Gasteiger partial charge in [-0.25, -0.2) is 0 Å². The van der Waals surface area contributed by atoms with Gasteiger partial charge in [-0.2, -0.15) is 0 Å². The molecule has 3 nitrogen and oxygen atoms in total. The quantitative estimate of drug-likeness (QED) is 0.495. The van der Waals surface area contributed by atoms with Gasteiger partial charge >= 0.3 is 0 Å². The predicted octanol–water partition coefficient (Wildman–Crippen LogP) is 4.04. The van der Waals surface area contributed by atoms with E-state index in [0.29, 0.717) is 0 Å². The summed E-state index contributed by atoms with van der Waals surface area (Å²) in [6.45, 7) is 4.20. The molecule has 0 aliphatic carbocycles. The molecule has 2 aromatic carbocycles. The molecule has 0 aliphatic rings. The lowest BCUT2D eigenvalue weighted by molar-refractivity contribution is -0.865. The summed E-state index contributed by atoms with van der Waals surface area (Å²) < 4.78 is 1.77. The largest absolute Gasteiger partial charge is 0.274 e. The van der Waals surface area contributed by atoms with E-state index in [1.165, 1.54) is 21.9 Å². The fraction of sp³-hybridized carbons (Fsp3) is 0.143. The smallest absolute Gasteiger partial charge is 0.264 e. The van der Waals surface area contributed by atoms with E-state index in [1.54, 1.807) is 11.8 Å². The van der Waals surface area contributed by atoms with Crippen LogP contribution >= 0.6 is 0 Å². The van der Waals surface area contributed by atoms with Gasteiger partial charge in [0.1, 0.15) is 7.11 Å². The molecule has 0 atom stereocenters. The maximum absolute atomic E-state index is 5.20. The minimum Gasteiger partial charge on any atom is -0.274 e. The lowest BCUT2D eigenvalue weighted by Gasteiger charge is -1.98. The van der Waals surface area contributed by atoms with E-state index in [0.717, 1.165) is 11.0 Å².